The van der Waals surface area contributed by atoms with Gasteiger partial charge in [-0.1, -0.05) is 11.6 Å². The molecule has 0 heterocycles. The van der Waals surface area contributed by atoms with E-state index >= 15 is 0 Å². The van der Waals surface area contributed by atoms with Crippen molar-refractivity contribution in [1.82, 2.24) is 0 Å². The molecule has 1 saturated carbocycles. The molecular formula is C14H19ClO3. The molecule has 100 valence electrons. The molecule has 1 N–H and O–H groups in total. The van der Waals surface area contributed by atoms with Crippen LogP contribution < -0.4 is 4.74 Å². The Morgan fingerprint density at radius 2 is 2.17 bits per heavy atom. The Morgan fingerprint density at radius 1 is 1.44 bits per heavy atom. The van der Waals surface area contributed by atoms with Crippen LogP contribution in [0.15, 0.2) is 18.2 Å². The van der Waals surface area contributed by atoms with Crippen molar-refractivity contribution in [2.75, 3.05) is 13.7 Å². The zero-order valence-electron chi connectivity index (χ0n) is 10.7. The average molecular weight is 271 g/mol. The second-order valence-electron chi connectivity index (χ2n) is 4.59. The van der Waals surface area contributed by atoms with Gasteiger partial charge in [0.25, 0.3) is 0 Å². The lowest BCUT2D eigenvalue weighted by Crippen LogP contribution is -2.25. The van der Waals surface area contributed by atoms with E-state index in [-0.39, 0.29) is 6.10 Å². The predicted molar refractivity (Wildman–Crippen MR) is 71.1 cm³/mol. The van der Waals surface area contributed by atoms with Gasteiger partial charge >= 0.3 is 0 Å². The predicted octanol–water partition coefficient (Wildman–Crippen LogP) is 3.20. The summed E-state index contributed by atoms with van der Waals surface area (Å²) in [5, 5.41) is 11.1. The molecule has 1 aliphatic rings. The van der Waals surface area contributed by atoms with Crippen LogP contribution in [0.2, 0.25) is 5.02 Å². The van der Waals surface area contributed by atoms with Crippen LogP contribution in [0.3, 0.4) is 0 Å². The Labute approximate surface area is 113 Å². The minimum atomic E-state index is -0.689. The highest BCUT2D eigenvalue weighted by molar-refractivity contribution is 6.30. The standard InChI is InChI=1S/C14H19ClO3/c1-3-18-14(9-4-5-9)13(16)11-8-10(15)6-7-12(11)17-2/h6-9,13-14,16H,3-5H2,1-2H3. The monoisotopic (exact) mass is 270 g/mol. The Kier molecular flexibility index (Phi) is 4.49. The van der Waals surface area contributed by atoms with E-state index in [1.54, 1.807) is 25.3 Å². The molecule has 1 fully saturated rings. The number of hydrogen-bond acceptors (Lipinski definition) is 3. The van der Waals surface area contributed by atoms with Gasteiger partial charge in [-0.25, -0.2) is 0 Å². The maximum Gasteiger partial charge on any atom is 0.124 e. The topological polar surface area (TPSA) is 38.7 Å². The number of rotatable bonds is 6. The van der Waals surface area contributed by atoms with Crippen LogP contribution in [0.5, 0.6) is 5.75 Å². The van der Waals surface area contributed by atoms with Crippen LogP contribution in [0, 0.1) is 5.92 Å². The number of hydrogen-bond donors (Lipinski definition) is 1. The lowest BCUT2D eigenvalue weighted by Gasteiger charge is -2.24. The van der Waals surface area contributed by atoms with Crippen molar-refractivity contribution >= 4 is 11.6 Å². The Morgan fingerprint density at radius 3 is 2.72 bits per heavy atom. The number of aliphatic hydroxyl groups is 1. The van der Waals surface area contributed by atoms with Crippen molar-refractivity contribution in [3.05, 3.63) is 28.8 Å². The minimum absolute atomic E-state index is 0.164. The largest absolute Gasteiger partial charge is 0.496 e. The molecule has 0 spiro atoms. The van der Waals surface area contributed by atoms with Crippen molar-refractivity contribution in [2.24, 2.45) is 5.92 Å². The first-order chi connectivity index (χ1) is 8.67. The maximum absolute atomic E-state index is 10.5. The molecule has 1 aromatic carbocycles. The van der Waals surface area contributed by atoms with Crippen LogP contribution in [0.4, 0.5) is 0 Å². The first kappa shape index (κ1) is 13.7. The van der Waals surface area contributed by atoms with Gasteiger partial charge in [-0.2, -0.15) is 0 Å². The van der Waals surface area contributed by atoms with Crippen molar-refractivity contribution in [3.63, 3.8) is 0 Å². The molecule has 0 aromatic heterocycles. The summed E-state index contributed by atoms with van der Waals surface area (Å²) < 4.78 is 10.9. The lowest BCUT2D eigenvalue weighted by atomic mass is 10.00. The molecule has 3 nitrogen and oxygen atoms in total. The molecular weight excluding hydrogens is 252 g/mol. The van der Waals surface area contributed by atoms with E-state index < -0.39 is 6.10 Å². The number of ether oxygens (including phenoxy) is 2. The summed E-state index contributed by atoms with van der Waals surface area (Å²) in [6, 6.07) is 5.28. The van der Waals surface area contributed by atoms with Crippen molar-refractivity contribution < 1.29 is 14.6 Å². The van der Waals surface area contributed by atoms with Crippen molar-refractivity contribution in [2.45, 2.75) is 32.0 Å². The molecule has 1 aromatic rings. The highest BCUT2D eigenvalue weighted by Crippen LogP contribution is 2.42. The fourth-order valence-electron chi connectivity index (χ4n) is 2.22. The molecule has 2 atom stereocenters. The zero-order valence-corrected chi connectivity index (χ0v) is 11.5. The Bertz CT molecular complexity index is 404. The smallest absolute Gasteiger partial charge is 0.124 e. The third kappa shape index (κ3) is 2.97. The van der Waals surface area contributed by atoms with Gasteiger partial charge in [-0.05, 0) is 43.9 Å². The van der Waals surface area contributed by atoms with Crippen LogP contribution in [0.1, 0.15) is 31.4 Å². The first-order valence-electron chi connectivity index (χ1n) is 6.30. The summed E-state index contributed by atoms with van der Waals surface area (Å²) in [5.41, 5.74) is 0.704. The van der Waals surface area contributed by atoms with Crippen LogP contribution >= 0.6 is 11.6 Å². The van der Waals surface area contributed by atoms with E-state index in [1.165, 1.54) is 0 Å². The van der Waals surface area contributed by atoms with E-state index in [0.29, 0.717) is 28.9 Å². The first-order valence-corrected chi connectivity index (χ1v) is 6.68. The Hall–Kier alpha value is -0.770. The normalized spacial score (nSPS) is 18.4. The summed E-state index contributed by atoms with van der Waals surface area (Å²) in [4.78, 5) is 0. The second kappa shape index (κ2) is 5.91. The maximum atomic E-state index is 10.5. The van der Waals surface area contributed by atoms with Gasteiger partial charge in [-0.15, -0.1) is 0 Å². The Balaban J connectivity index is 2.24. The van der Waals surface area contributed by atoms with Gasteiger partial charge in [0, 0.05) is 17.2 Å². The van der Waals surface area contributed by atoms with Crippen LogP contribution in [0.25, 0.3) is 0 Å². The van der Waals surface area contributed by atoms with Gasteiger partial charge in [0.2, 0.25) is 0 Å². The fraction of sp³-hybridized carbons (Fsp3) is 0.571. The molecule has 0 amide bonds. The number of methoxy groups -OCH3 is 1. The molecule has 4 heteroatoms. The summed E-state index contributed by atoms with van der Waals surface area (Å²) >= 11 is 5.99. The SMILES string of the molecule is CCOC(C1CC1)C(O)c1cc(Cl)ccc1OC. The highest BCUT2D eigenvalue weighted by Gasteiger charge is 2.38. The quantitative estimate of drug-likeness (QED) is 0.863. The zero-order chi connectivity index (χ0) is 13.1. The van der Waals surface area contributed by atoms with Crippen molar-refractivity contribution in [1.29, 1.82) is 0 Å². The third-order valence-electron chi connectivity index (χ3n) is 3.27. The summed E-state index contributed by atoms with van der Waals surface area (Å²) in [6.07, 6.45) is 1.38. The fourth-order valence-corrected chi connectivity index (χ4v) is 2.40. The summed E-state index contributed by atoms with van der Waals surface area (Å²) in [5.74, 6) is 1.10. The van der Waals surface area contributed by atoms with Crippen LogP contribution in [-0.4, -0.2) is 24.9 Å². The number of aliphatic hydroxyl groups excluding tert-OH is 1. The van der Waals surface area contributed by atoms with Crippen molar-refractivity contribution in [3.8, 4) is 5.75 Å². The molecule has 0 saturated heterocycles. The van der Waals surface area contributed by atoms with E-state index in [0.717, 1.165) is 12.8 Å². The highest BCUT2D eigenvalue weighted by atomic mass is 35.5. The number of halogens is 1. The van der Waals surface area contributed by atoms with E-state index in [2.05, 4.69) is 0 Å². The van der Waals surface area contributed by atoms with E-state index in [4.69, 9.17) is 21.1 Å². The average Bonchev–Trinajstić information content (AvgIpc) is 3.19. The lowest BCUT2D eigenvalue weighted by molar-refractivity contribution is -0.0469. The van der Waals surface area contributed by atoms with Gasteiger partial charge in [0.05, 0.1) is 13.2 Å². The van der Waals surface area contributed by atoms with E-state index in [1.807, 2.05) is 6.92 Å². The molecule has 2 unspecified atom stereocenters. The van der Waals surface area contributed by atoms with Gasteiger partial charge in [0.1, 0.15) is 11.9 Å². The van der Waals surface area contributed by atoms with Gasteiger partial charge < -0.3 is 14.6 Å². The number of benzene rings is 1. The summed E-state index contributed by atoms with van der Waals surface area (Å²) in [6.45, 7) is 2.54. The molecule has 2 rings (SSSR count). The minimum Gasteiger partial charge on any atom is -0.496 e. The van der Waals surface area contributed by atoms with Gasteiger partial charge in [-0.3, -0.25) is 0 Å². The van der Waals surface area contributed by atoms with Crippen LogP contribution in [-0.2, 0) is 4.74 Å². The molecule has 0 radical (unpaired) electrons. The van der Waals surface area contributed by atoms with Gasteiger partial charge in [0.15, 0.2) is 0 Å². The molecule has 0 aliphatic heterocycles. The molecule has 18 heavy (non-hydrogen) atoms. The molecule has 0 bridgehead atoms. The second-order valence-corrected chi connectivity index (χ2v) is 5.02. The van der Waals surface area contributed by atoms with E-state index in [9.17, 15) is 5.11 Å². The third-order valence-corrected chi connectivity index (χ3v) is 3.50. The summed E-state index contributed by atoms with van der Waals surface area (Å²) in [7, 11) is 1.59. The molecule has 1 aliphatic carbocycles.